The zero-order valence-corrected chi connectivity index (χ0v) is 11.0. The van der Waals surface area contributed by atoms with Crippen molar-refractivity contribution in [2.45, 2.75) is 37.6 Å². The summed E-state index contributed by atoms with van der Waals surface area (Å²) in [6, 6.07) is 5.83. The number of rotatable bonds is 2. The Morgan fingerprint density at radius 3 is 2.38 bits per heavy atom. The molecule has 88 valence electrons. The van der Waals surface area contributed by atoms with Crippen LogP contribution in [0.15, 0.2) is 18.2 Å². The Morgan fingerprint density at radius 2 is 1.81 bits per heavy atom. The largest absolute Gasteiger partial charge is 0.310 e. The summed E-state index contributed by atoms with van der Waals surface area (Å²) in [4.78, 5) is 0. The van der Waals surface area contributed by atoms with Crippen molar-refractivity contribution in [2.24, 2.45) is 0 Å². The summed E-state index contributed by atoms with van der Waals surface area (Å²) in [5.74, 6) is 0. The first-order valence-electron chi connectivity index (χ1n) is 5.82. The smallest absolute Gasteiger partial charge is 0.0471 e. The monoisotopic (exact) mass is 257 g/mol. The van der Waals surface area contributed by atoms with Gasteiger partial charge in [-0.05, 0) is 37.6 Å². The number of halogens is 2. The Kier molecular flexibility index (Phi) is 3.78. The normalized spacial score (nSPS) is 19.7. The Morgan fingerprint density at radius 1 is 1.12 bits per heavy atom. The first-order valence-corrected chi connectivity index (χ1v) is 6.58. The van der Waals surface area contributed by atoms with Crippen molar-refractivity contribution in [3.63, 3.8) is 0 Å². The van der Waals surface area contributed by atoms with E-state index in [4.69, 9.17) is 23.2 Å². The van der Waals surface area contributed by atoms with Crippen LogP contribution in [0.25, 0.3) is 0 Å². The van der Waals surface area contributed by atoms with E-state index in [0.717, 1.165) is 17.9 Å². The molecule has 0 unspecified atom stereocenters. The Labute approximate surface area is 107 Å². The van der Waals surface area contributed by atoms with Gasteiger partial charge in [-0.15, -0.1) is 0 Å². The fourth-order valence-electron chi connectivity index (χ4n) is 2.69. The topological polar surface area (TPSA) is 12.0 Å². The Balaban J connectivity index is 2.39. The van der Waals surface area contributed by atoms with Crippen molar-refractivity contribution in [2.75, 3.05) is 7.05 Å². The van der Waals surface area contributed by atoms with Gasteiger partial charge in [0.15, 0.2) is 0 Å². The molecule has 0 atom stereocenters. The fourth-order valence-corrected chi connectivity index (χ4v) is 3.28. The van der Waals surface area contributed by atoms with E-state index in [9.17, 15) is 0 Å². The molecular formula is C13H17Cl2N. The van der Waals surface area contributed by atoms with Gasteiger partial charge in [0, 0.05) is 15.6 Å². The van der Waals surface area contributed by atoms with Crippen LogP contribution in [0.1, 0.15) is 37.7 Å². The van der Waals surface area contributed by atoms with Crippen molar-refractivity contribution >= 4 is 23.2 Å². The molecule has 0 bridgehead atoms. The molecule has 0 radical (unpaired) electrons. The molecule has 1 N–H and O–H groups in total. The first kappa shape index (κ1) is 12.2. The number of benzene rings is 1. The zero-order valence-electron chi connectivity index (χ0n) is 9.52. The highest BCUT2D eigenvalue weighted by Gasteiger charge is 2.33. The van der Waals surface area contributed by atoms with E-state index >= 15 is 0 Å². The van der Waals surface area contributed by atoms with Crippen LogP contribution in [-0.2, 0) is 5.54 Å². The van der Waals surface area contributed by atoms with Crippen LogP contribution in [0.5, 0.6) is 0 Å². The van der Waals surface area contributed by atoms with E-state index in [1.54, 1.807) is 0 Å². The summed E-state index contributed by atoms with van der Waals surface area (Å²) in [6.45, 7) is 0. The molecule has 3 heteroatoms. The summed E-state index contributed by atoms with van der Waals surface area (Å²) in [5, 5.41) is 4.95. The van der Waals surface area contributed by atoms with Crippen molar-refractivity contribution in [1.82, 2.24) is 5.32 Å². The van der Waals surface area contributed by atoms with Gasteiger partial charge in [0.05, 0.1) is 0 Å². The first-order chi connectivity index (χ1) is 7.68. The predicted octanol–water partition coefficient (Wildman–Crippen LogP) is 4.37. The van der Waals surface area contributed by atoms with E-state index in [-0.39, 0.29) is 5.54 Å². The van der Waals surface area contributed by atoms with Crippen LogP contribution in [0.4, 0.5) is 0 Å². The van der Waals surface area contributed by atoms with E-state index in [1.165, 1.54) is 24.8 Å². The minimum absolute atomic E-state index is 0.0555. The number of nitrogens with one attached hydrogen (secondary N) is 1. The van der Waals surface area contributed by atoms with Crippen molar-refractivity contribution in [3.05, 3.63) is 33.8 Å². The van der Waals surface area contributed by atoms with Crippen LogP contribution in [0.2, 0.25) is 10.0 Å². The second kappa shape index (κ2) is 4.95. The minimum Gasteiger partial charge on any atom is -0.310 e. The van der Waals surface area contributed by atoms with Gasteiger partial charge in [0.1, 0.15) is 0 Å². The average molecular weight is 258 g/mol. The molecule has 16 heavy (non-hydrogen) atoms. The van der Waals surface area contributed by atoms with Gasteiger partial charge in [0.25, 0.3) is 0 Å². The lowest BCUT2D eigenvalue weighted by Gasteiger charge is -2.38. The van der Waals surface area contributed by atoms with Crippen LogP contribution in [-0.4, -0.2) is 7.05 Å². The summed E-state index contributed by atoms with van der Waals surface area (Å²) in [7, 11) is 2.02. The van der Waals surface area contributed by atoms with Gasteiger partial charge in [-0.25, -0.2) is 0 Å². The second-order valence-electron chi connectivity index (χ2n) is 4.52. The van der Waals surface area contributed by atoms with E-state index in [1.807, 2.05) is 19.2 Å². The molecule has 1 aromatic rings. The van der Waals surface area contributed by atoms with Crippen molar-refractivity contribution < 1.29 is 0 Å². The average Bonchev–Trinajstić information content (AvgIpc) is 2.30. The maximum absolute atomic E-state index is 6.31. The highest BCUT2D eigenvalue weighted by atomic mass is 35.5. The molecule has 1 saturated carbocycles. The maximum Gasteiger partial charge on any atom is 0.0471 e. The number of hydrogen-bond donors (Lipinski definition) is 1. The van der Waals surface area contributed by atoms with Crippen LogP contribution in [0, 0.1) is 0 Å². The molecule has 1 aromatic carbocycles. The lowest BCUT2D eigenvalue weighted by atomic mass is 9.77. The fraction of sp³-hybridized carbons (Fsp3) is 0.538. The summed E-state index contributed by atoms with van der Waals surface area (Å²) >= 11 is 12.2. The predicted molar refractivity (Wildman–Crippen MR) is 70.3 cm³/mol. The van der Waals surface area contributed by atoms with E-state index in [2.05, 4.69) is 11.4 Å². The maximum atomic E-state index is 6.31. The molecule has 1 fully saturated rings. The molecule has 0 aliphatic heterocycles. The molecule has 1 nitrogen and oxygen atoms in total. The van der Waals surface area contributed by atoms with Gasteiger partial charge < -0.3 is 5.32 Å². The lowest BCUT2D eigenvalue weighted by molar-refractivity contribution is 0.250. The summed E-state index contributed by atoms with van der Waals surface area (Å²) in [5.41, 5.74) is 1.25. The standard InChI is InChI=1S/C13H17Cl2N/c1-16-13(7-3-2-4-8-13)11-6-5-10(14)9-12(11)15/h5-6,9,16H,2-4,7-8H2,1H3. The van der Waals surface area contributed by atoms with Crippen LogP contribution < -0.4 is 5.32 Å². The zero-order chi connectivity index (χ0) is 11.6. The molecule has 0 heterocycles. The quantitative estimate of drug-likeness (QED) is 0.830. The van der Waals surface area contributed by atoms with Gasteiger partial charge in [0.2, 0.25) is 0 Å². The molecular weight excluding hydrogens is 241 g/mol. The Hall–Kier alpha value is -0.240. The van der Waals surface area contributed by atoms with Crippen LogP contribution in [0.3, 0.4) is 0 Å². The molecule has 0 spiro atoms. The molecule has 0 amide bonds. The van der Waals surface area contributed by atoms with Gasteiger partial charge in [-0.3, -0.25) is 0 Å². The summed E-state index contributed by atoms with van der Waals surface area (Å²) in [6.07, 6.45) is 6.17. The van der Waals surface area contributed by atoms with Crippen molar-refractivity contribution in [3.8, 4) is 0 Å². The third-order valence-corrected chi connectivity index (χ3v) is 4.18. The molecule has 0 aromatic heterocycles. The second-order valence-corrected chi connectivity index (χ2v) is 5.36. The summed E-state index contributed by atoms with van der Waals surface area (Å²) < 4.78 is 0. The molecule has 2 rings (SSSR count). The van der Waals surface area contributed by atoms with E-state index in [0.29, 0.717) is 5.02 Å². The van der Waals surface area contributed by atoms with E-state index < -0.39 is 0 Å². The minimum atomic E-state index is 0.0555. The molecule has 1 aliphatic carbocycles. The third-order valence-electron chi connectivity index (χ3n) is 3.63. The highest BCUT2D eigenvalue weighted by Crippen LogP contribution is 2.40. The molecule has 1 aliphatic rings. The SMILES string of the molecule is CNC1(c2ccc(Cl)cc2Cl)CCCCC1. The van der Waals surface area contributed by atoms with Gasteiger partial charge >= 0.3 is 0 Å². The van der Waals surface area contributed by atoms with Gasteiger partial charge in [-0.1, -0.05) is 48.5 Å². The van der Waals surface area contributed by atoms with Crippen LogP contribution >= 0.6 is 23.2 Å². The lowest BCUT2D eigenvalue weighted by Crippen LogP contribution is -2.41. The Bertz CT molecular complexity index is 370. The number of hydrogen-bond acceptors (Lipinski definition) is 1. The third kappa shape index (κ3) is 2.22. The van der Waals surface area contributed by atoms with Gasteiger partial charge in [-0.2, -0.15) is 0 Å². The molecule has 0 saturated heterocycles. The highest BCUT2D eigenvalue weighted by molar-refractivity contribution is 6.35. The van der Waals surface area contributed by atoms with Crippen molar-refractivity contribution in [1.29, 1.82) is 0 Å².